The highest BCUT2D eigenvalue weighted by Gasteiger charge is 2.12. The molecule has 132 valence electrons. The fourth-order valence-electron chi connectivity index (χ4n) is 2.75. The SMILES string of the molecule is CCCCCCCCc1ccc(-c2nnc(-c3ccc(O)cc3)o2)s1. The molecule has 0 radical (unpaired) electrons. The third-order valence-electron chi connectivity index (χ3n) is 4.19. The Labute approximate surface area is 152 Å². The van der Waals surface area contributed by atoms with Gasteiger partial charge in [-0.25, -0.2) is 0 Å². The van der Waals surface area contributed by atoms with E-state index in [1.165, 1.54) is 43.4 Å². The summed E-state index contributed by atoms with van der Waals surface area (Å²) in [5.41, 5.74) is 0.806. The van der Waals surface area contributed by atoms with Gasteiger partial charge in [-0.3, -0.25) is 0 Å². The summed E-state index contributed by atoms with van der Waals surface area (Å²) in [7, 11) is 0. The molecule has 1 N–H and O–H groups in total. The summed E-state index contributed by atoms with van der Waals surface area (Å²) < 4.78 is 5.79. The molecule has 0 spiro atoms. The van der Waals surface area contributed by atoms with Crippen LogP contribution in [-0.2, 0) is 6.42 Å². The van der Waals surface area contributed by atoms with E-state index in [4.69, 9.17) is 4.42 Å². The van der Waals surface area contributed by atoms with Crippen LogP contribution in [0.25, 0.3) is 22.2 Å². The first-order chi connectivity index (χ1) is 12.3. The minimum Gasteiger partial charge on any atom is -0.508 e. The van der Waals surface area contributed by atoms with Crippen molar-refractivity contribution in [2.45, 2.75) is 51.9 Å². The molecule has 0 saturated carbocycles. The standard InChI is InChI=1S/C20H24N2O2S/c1-2-3-4-5-6-7-8-17-13-14-18(25-17)20-22-21-19(24-20)15-9-11-16(23)12-10-15/h9-14,23H,2-8H2,1H3. The molecular weight excluding hydrogens is 332 g/mol. The number of phenols is 1. The average Bonchev–Trinajstić information content (AvgIpc) is 3.28. The maximum atomic E-state index is 9.36. The van der Waals surface area contributed by atoms with Crippen LogP contribution in [0.2, 0.25) is 0 Å². The van der Waals surface area contributed by atoms with E-state index in [2.05, 4.69) is 29.3 Å². The van der Waals surface area contributed by atoms with Crippen LogP contribution in [0.1, 0.15) is 50.3 Å². The maximum Gasteiger partial charge on any atom is 0.258 e. The van der Waals surface area contributed by atoms with Crippen LogP contribution in [0.4, 0.5) is 0 Å². The van der Waals surface area contributed by atoms with E-state index in [1.807, 2.05) is 0 Å². The number of aromatic hydroxyl groups is 1. The Morgan fingerprint density at radius 1 is 0.880 bits per heavy atom. The predicted octanol–water partition coefficient (Wildman–Crippen LogP) is 6.07. The van der Waals surface area contributed by atoms with Crippen molar-refractivity contribution in [3.05, 3.63) is 41.3 Å². The summed E-state index contributed by atoms with van der Waals surface area (Å²) in [4.78, 5) is 2.38. The molecule has 0 unspecified atom stereocenters. The van der Waals surface area contributed by atoms with Crippen molar-refractivity contribution in [3.63, 3.8) is 0 Å². The van der Waals surface area contributed by atoms with Crippen LogP contribution < -0.4 is 0 Å². The number of hydrogen-bond acceptors (Lipinski definition) is 5. The van der Waals surface area contributed by atoms with E-state index in [9.17, 15) is 5.11 Å². The fourth-order valence-corrected chi connectivity index (χ4v) is 3.72. The number of nitrogens with zero attached hydrogens (tertiary/aromatic N) is 2. The summed E-state index contributed by atoms with van der Waals surface area (Å²) in [5.74, 6) is 1.25. The highest BCUT2D eigenvalue weighted by Crippen LogP contribution is 2.30. The predicted molar refractivity (Wildman–Crippen MR) is 102 cm³/mol. The second-order valence-electron chi connectivity index (χ2n) is 6.24. The Bertz CT molecular complexity index is 777. The zero-order valence-corrected chi connectivity index (χ0v) is 15.4. The average molecular weight is 356 g/mol. The molecule has 0 bridgehead atoms. The third-order valence-corrected chi connectivity index (χ3v) is 5.32. The monoisotopic (exact) mass is 356 g/mol. The van der Waals surface area contributed by atoms with Crippen molar-refractivity contribution in [3.8, 4) is 28.0 Å². The smallest absolute Gasteiger partial charge is 0.258 e. The normalized spacial score (nSPS) is 11.1. The molecule has 0 aliphatic carbocycles. The van der Waals surface area contributed by atoms with Crippen molar-refractivity contribution < 1.29 is 9.52 Å². The lowest BCUT2D eigenvalue weighted by Gasteiger charge is -1.99. The van der Waals surface area contributed by atoms with Gasteiger partial charge in [0.1, 0.15) is 5.75 Å². The zero-order chi connectivity index (χ0) is 17.5. The molecule has 0 saturated heterocycles. The molecule has 3 aromatic rings. The Balaban J connectivity index is 1.56. The number of thiophene rings is 1. The molecule has 4 nitrogen and oxygen atoms in total. The number of rotatable bonds is 9. The molecule has 0 fully saturated rings. The second-order valence-corrected chi connectivity index (χ2v) is 7.41. The Kier molecular flexibility index (Phi) is 6.23. The van der Waals surface area contributed by atoms with Gasteiger partial charge in [-0.1, -0.05) is 39.0 Å². The van der Waals surface area contributed by atoms with Crippen LogP contribution in [0.15, 0.2) is 40.8 Å². The first kappa shape index (κ1) is 17.7. The first-order valence-corrected chi connectivity index (χ1v) is 9.80. The van der Waals surface area contributed by atoms with E-state index in [0.29, 0.717) is 11.8 Å². The number of phenolic OH excluding ortho intramolecular Hbond substituents is 1. The molecule has 0 amide bonds. The van der Waals surface area contributed by atoms with Gasteiger partial charge >= 0.3 is 0 Å². The van der Waals surface area contributed by atoms with Crippen LogP contribution in [0.5, 0.6) is 5.75 Å². The van der Waals surface area contributed by atoms with Crippen molar-refractivity contribution in [2.24, 2.45) is 0 Å². The largest absolute Gasteiger partial charge is 0.508 e. The lowest BCUT2D eigenvalue weighted by molar-refractivity contribution is 0.475. The van der Waals surface area contributed by atoms with Gasteiger partial charge in [-0.15, -0.1) is 21.5 Å². The summed E-state index contributed by atoms with van der Waals surface area (Å²) in [5, 5.41) is 17.6. The molecule has 3 rings (SSSR count). The summed E-state index contributed by atoms with van der Waals surface area (Å²) in [6.07, 6.45) is 9.01. The van der Waals surface area contributed by atoms with E-state index < -0.39 is 0 Å². The summed E-state index contributed by atoms with van der Waals surface area (Å²) >= 11 is 1.73. The van der Waals surface area contributed by atoms with Crippen molar-refractivity contribution in [1.82, 2.24) is 10.2 Å². The number of aryl methyl sites for hydroxylation is 1. The van der Waals surface area contributed by atoms with Gasteiger partial charge in [0, 0.05) is 10.4 Å². The lowest BCUT2D eigenvalue weighted by atomic mass is 10.1. The fraction of sp³-hybridized carbons (Fsp3) is 0.400. The number of aromatic nitrogens is 2. The molecule has 0 aliphatic heterocycles. The van der Waals surface area contributed by atoms with Gasteiger partial charge in [0.15, 0.2) is 0 Å². The van der Waals surface area contributed by atoms with Gasteiger partial charge in [0.2, 0.25) is 5.89 Å². The van der Waals surface area contributed by atoms with Gasteiger partial charge in [0.25, 0.3) is 5.89 Å². The topological polar surface area (TPSA) is 59.2 Å². The first-order valence-electron chi connectivity index (χ1n) is 8.98. The highest BCUT2D eigenvalue weighted by atomic mass is 32.1. The van der Waals surface area contributed by atoms with Crippen molar-refractivity contribution >= 4 is 11.3 Å². The number of benzene rings is 1. The lowest BCUT2D eigenvalue weighted by Crippen LogP contribution is -1.82. The van der Waals surface area contributed by atoms with Crippen LogP contribution in [0.3, 0.4) is 0 Å². The van der Waals surface area contributed by atoms with Crippen LogP contribution in [-0.4, -0.2) is 15.3 Å². The van der Waals surface area contributed by atoms with Crippen molar-refractivity contribution in [2.75, 3.05) is 0 Å². The van der Waals surface area contributed by atoms with Gasteiger partial charge in [-0.05, 0) is 49.2 Å². The summed E-state index contributed by atoms with van der Waals surface area (Å²) in [6.45, 7) is 2.25. The molecule has 1 aromatic carbocycles. The summed E-state index contributed by atoms with van der Waals surface area (Å²) in [6, 6.07) is 11.0. The minimum atomic E-state index is 0.223. The van der Waals surface area contributed by atoms with Crippen LogP contribution >= 0.6 is 11.3 Å². The number of hydrogen-bond donors (Lipinski definition) is 1. The van der Waals surface area contributed by atoms with Gasteiger partial charge in [0.05, 0.1) is 4.88 Å². The Hall–Kier alpha value is -2.14. The van der Waals surface area contributed by atoms with E-state index in [1.54, 1.807) is 35.6 Å². The van der Waals surface area contributed by atoms with E-state index in [0.717, 1.165) is 16.9 Å². The van der Waals surface area contributed by atoms with Crippen LogP contribution in [0, 0.1) is 0 Å². The maximum absolute atomic E-state index is 9.36. The van der Waals surface area contributed by atoms with Crippen molar-refractivity contribution in [1.29, 1.82) is 0 Å². The molecule has 0 atom stereocenters. The second kappa shape index (κ2) is 8.81. The molecular formula is C20H24N2O2S. The van der Waals surface area contributed by atoms with E-state index in [-0.39, 0.29) is 5.75 Å². The van der Waals surface area contributed by atoms with E-state index >= 15 is 0 Å². The quantitative estimate of drug-likeness (QED) is 0.472. The van der Waals surface area contributed by atoms with Gasteiger partial charge in [-0.2, -0.15) is 0 Å². The molecule has 0 aliphatic rings. The molecule has 25 heavy (non-hydrogen) atoms. The Morgan fingerprint density at radius 2 is 1.60 bits per heavy atom. The highest BCUT2D eigenvalue weighted by molar-refractivity contribution is 7.15. The molecule has 2 aromatic heterocycles. The van der Waals surface area contributed by atoms with Gasteiger partial charge < -0.3 is 9.52 Å². The number of unbranched alkanes of at least 4 members (excludes halogenated alkanes) is 5. The zero-order valence-electron chi connectivity index (χ0n) is 14.6. The Morgan fingerprint density at radius 3 is 2.40 bits per heavy atom. The third kappa shape index (κ3) is 4.92. The molecule has 2 heterocycles. The minimum absolute atomic E-state index is 0.223. The molecule has 5 heteroatoms.